The highest BCUT2D eigenvalue weighted by molar-refractivity contribution is 5.93. The molecule has 0 unspecified atom stereocenters. The van der Waals surface area contributed by atoms with E-state index in [0.29, 0.717) is 44.7 Å². The van der Waals surface area contributed by atoms with Gasteiger partial charge in [0.15, 0.2) is 5.69 Å². The summed E-state index contributed by atoms with van der Waals surface area (Å²) < 4.78 is 21.1. The van der Waals surface area contributed by atoms with Crippen molar-refractivity contribution in [3.63, 3.8) is 0 Å². The number of imidazole rings is 1. The van der Waals surface area contributed by atoms with E-state index in [-0.39, 0.29) is 36.3 Å². The average molecular weight is 464 g/mol. The highest BCUT2D eigenvalue weighted by Crippen LogP contribution is 2.29. The summed E-state index contributed by atoms with van der Waals surface area (Å²) in [6.45, 7) is 2.24. The van der Waals surface area contributed by atoms with Crippen molar-refractivity contribution < 1.29 is 18.7 Å². The minimum Gasteiger partial charge on any atom is -0.365 e. The van der Waals surface area contributed by atoms with Gasteiger partial charge < -0.3 is 19.5 Å². The molecule has 8 nitrogen and oxygen atoms in total. The molecule has 5 rings (SSSR count). The van der Waals surface area contributed by atoms with Crippen LogP contribution in [0.4, 0.5) is 4.39 Å². The van der Waals surface area contributed by atoms with Gasteiger partial charge in [-0.2, -0.15) is 0 Å². The molecule has 1 N–H and O–H groups in total. The minimum absolute atomic E-state index is 0.00978. The van der Waals surface area contributed by atoms with E-state index in [4.69, 9.17) is 4.74 Å². The van der Waals surface area contributed by atoms with Crippen LogP contribution in [0.3, 0.4) is 0 Å². The van der Waals surface area contributed by atoms with Crippen molar-refractivity contribution in [2.24, 2.45) is 5.92 Å². The number of piperidine rings is 1. The molecule has 1 aromatic carbocycles. The normalized spacial score (nSPS) is 18.4. The molecule has 2 aromatic heterocycles. The third-order valence-corrected chi connectivity index (χ3v) is 6.52. The van der Waals surface area contributed by atoms with Crippen molar-refractivity contribution in [2.75, 3.05) is 13.1 Å². The SMILES string of the molecule is O=C(NCc1cccnc1)C1CCN(C(=O)c2ncn3c2CO[C@@H](c2ccc(F)cc2)C3)CC1. The second-order valence-electron chi connectivity index (χ2n) is 8.69. The molecule has 0 bridgehead atoms. The van der Waals surface area contributed by atoms with Crippen molar-refractivity contribution in [3.05, 3.63) is 83.5 Å². The monoisotopic (exact) mass is 463 g/mol. The predicted molar refractivity (Wildman–Crippen MR) is 121 cm³/mol. The summed E-state index contributed by atoms with van der Waals surface area (Å²) >= 11 is 0. The number of carbonyl (C=O) groups is 2. The maximum atomic E-state index is 13.2. The van der Waals surface area contributed by atoms with Crippen LogP contribution in [0.5, 0.6) is 0 Å². The largest absolute Gasteiger partial charge is 0.365 e. The predicted octanol–water partition coefficient (Wildman–Crippen LogP) is 2.86. The first-order chi connectivity index (χ1) is 16.6. The lowest BCUT2D eigenvalue weighted by Gasteiger charge is -2.31. The third-order valence-electron chi connectivity index (χ3n) is 6.52. The Labute approximate surface area is 196 Å². The molecule has 1 saturated heterocycles. The Morgan fingerprint density at radius 3 is 2.68 bits per heavy atom. The topological polar surface area (TPSA) is 89.4 Å². The number of ether oxygens (including phenoxy) is 1. The second-order valence-corrected chi connectivity index (χ2v) is 8.69. The molecule has 34 heavy (non-hydrogen) atoms. The van der Waals surface area contributed by atoms with Crippen LogP contribution in [0.25, 0.3) is 0 Å². The first kappa shape index (κ1) is 22.2. The van der Waals surface area contributed by atoms with E-state index >= 15 is 0 Å². The van der Waals surface area contributed by atoms with Gasteiger partial charge in [0.1, 0.15) is 11.9 Å². The molecular weight excluding hydrogens is 437 g/mol. The summed E-state index contributed by atoms with van der Waals surface area (Å²) in [5, 5.41) is 2.97. The third kappa shape index (κ3) is 4.70. The number of benzene rings is 1. The molecule has 0 saturated carbocycles. The number of carbonyl (C=O) groups excluding carboxylic acids is 2. The van der Waals surface area contributed by atoms with Gasteiger partial charge >= 0.3 is 0 Å². The Bertz CT molecular complexity index is 1160. The maximum absolute atomic E-state index is 13.2. The van der Waals surface area contributed by atoms with E-state index in [1.165, 1.54) is 12.1 Å². The Morgan fingerprint density at radius 1 is 1.15 bits per heavy atom. The Balaban J connectivity index is 1.16. The number of amides is 2. The second kappa shape index (κ2) is 9.72. The van der Waals surface area contributed by atoms with Gasteiger partial charge in [-0.1, -0.05) is 18.2 Å². The van der Waals surface area contributed by atoms with Gasteiger partial charge in [-0.3, -0.25) is 14.6 Å². The summed E-state index contributed by atoms with van der Waals surface area (Å²) in [5.74, 6) is -0.524. The lowest BCUT2D eigenvalue weighted by molar-refractivity contribution is -0.126. The highest BCUT2D eigenvalue weighted by atomic mass is 19.1. The van der Waals surface area contributed by atoms with Gasteiger partial charge in [0.2, 0.25) is 5.91 Å². The zero-order chi connectivity index (χ0) is 23.5. The summed E-state index contributed by atoms with van der Waals surface area (Å²) in [4.78, 5) is 35.9. The fourth-order valence-electron chi connectivity index (χ4n) is 4.52. The van der Waals surface area contributed by atoms with Crippen molar-refractivity contribution in [1.29, 1.82) is 0 Å². The number of nitrogens with zero attached hydrogens (tertiary/aromatic N) is 4. The van der Waals surface area contributed by atoms with E-state index < -0.39 is 0 Å². The minimum atomic E-state index is -0.287. The van der Waals surface area contributed by atoms with Crippen LogP contribution in [0.2, 0.25) is 0 Å². The molecule has 4 heterocycles. The van der Waals surface area contributed by atoms with Crippen molar-refractivity contribution >= 4 is 11.8 Å². The van der Waals surface area contributed by atoms with E-state index in [2.05, 4.69) is 15.3 Å². The van der Waals surface area contributed by atoms with E-state index in [1.807, 2.05) is 16.7 Å². The van der Waals surface area contributed by atoms with Gasteiger partial charge in [-0.25, -0.2) is 9.37 Å². The Hall–Kier alpha value is -3.59. The van der Waals surface area contributed by atoms with Crippen LogP contribution in [0.15, 0.2) is 55.1 Å². The van der Waals surface area contributed by atoms with E-state index in [9.17, 15) is 14.0 Å². The summed E-state index contributed by atoms with van der Waals surface area (Å²) in [5.41, 5.74) is 2.99. The zero-order valence-electron chi connectivity index (χ0n) is 18.7. The lowest BCUT2D eigenvalue weighted by atomic mass is 9.95. The van der Waals surface area contributed by atoms with Crippen LogP contribution >= 0.6 is 0 Å². The van der Waals surface area contributed by atoms with Gasteiger partial charge in [0, 0.05) is 37.9 Å². The van der Waals surface area contributed by atoms with Crippen LogP contribution < -0.4 is 5.32 Å². The first-order valence-electron chi connectivity index (χ1n) is 11.5. The molecule has 1 fully saturated rings. The fraction of sp³-hybridized carbons (Fsp3) is 0.360. The maximum Gasteiger partial charge on any atom is 0.274 e. The number of hydrogen-bond acceptors (Lipinski definition) is 5. The molecule has 1 atom stereocenters. The van der Waals surface area contributed by atoms with Gasteiger partial charge in [0.25, 0.3) is 5.91 Å². The summed E-state index contributed by atoms with van der Waals surface area (Å²) in [6, 6.07) is 10.0. The molecule has 0 spiro atoms. The average Bonchev–Trinajstić information content (AvgIpc) is 3.31. The van der Waals surface area contributed by atoms with Gasteiger partial charge in [0.05, 0.1) is 25.2 Å². The number of aromatic nitrogens is 3. The molecule has 176 valence electrons. The molecular formula is C25H26FN5O3. The first-order valence-corrected chi connectivity index (χ1v) is 11.5. The number of fused-ring (bicyclic) bond motifs is 1. The zero-order valence-corrected chi connectivity index (χ0v) is 18.7. The van der Waals surface area contributed by atoms with Crippen LogP contribution in [-0.2, 0) is 29.2 Å². The Morgan fingerprint density at radius 2 is 1.94 bits per heavy atom. The van der Waals surface area contributed by atoms with Crippen molar-refractivity contribution in [1.82, 2.24) is 24.8 Å². The van der Waals surface area contributed by atoms with Crippen LogP contribution in [0.1, 0.15) is 46.3 Å². The highest BCUT2D eigenvalue weighted by Gasteiger charge is 2.32. The summed E-state index contributed by atoms with van der Waals surface area (Å²) in [6.07, 6.45) is 6.11. The number of halogens is 1. The number of hydrogen-bond donors (Lipinski definition) is 1. The van der Waals surface area contributed by atoms with Crippen molar-refractivity contribution in [3.8, 4) is 0 Å². The molecule has 3 aromatic rings. The van der Waals surface area contributed by atoms with E-state index in [0.717, 1.165) is 16.8 Å². The van der Waals surface area contributed by atoms with E-state index in [1.54, 1.807) is 35.8 Å². The number of nitrogens with one attached hydrogen (secondary N) is 1. The van der Waals surface area contributed by atoms with Gasteiger partial charge in [-0.15, -0.1) is 0 Å². The van der Waals surface area contributed by atoms with Crippen LogP contribution in [-0.4, -0.2) is 44.3 Å². The van der Waals surface area contributed by atoms with Crippen molar-refractivity contribution in [2.45, 2.75) is 38.6 Å². The molecule has 0 radical (unpaired) electrons. The molecule has 2 amide bonds. The number of pyridine rings is 1. The number of rotatable bonds is 5. The quantitative estimate of drug-likeness (QED) is 0.629. The van der Waals surface area contributed by atoms with Gasteiger partial charge in [-0.05, 0) is 42.2 Å². The molecule has 0 aliphatic carbocycles. The Kier molecular flexibility index (Phi) is 6.35. The molecule has 9 heteroatoms. The molecule has 2 aliphatic heterocycles. The lowest BCUT2D eigenvalue weighted by Crippen LogP contribution is -2.43. The summed E-state index contributed by atoms with van der Waals surface area (Å²) in [7, 11) is 0. The fourth-order valence-corrected chi connectivity index (χ4v) is 4.52. The smallest absolute Gasteiger partial charge is 0.274 e. The number of likely N-dealkylation sites (tertiary alicyclic amines) is 1. The van der Waals surface area contributed by atoms with Crippen LogP contribution in [0, 0.1) is 11.7 Å². The molecule has 2 aliphatic rings. The standard InChI is InChI=1S/C25H26FN5O3/c26-20-5-3-18(4-6-20)22-14-31-16-29-23(21(31)15-34-22)25(33)30-10-7-19(8-11-30)24(32)28-13-17-2-1-9-27-12-17/h1-6,9,12,16,19,22H,7-8,10-11,13-15H2,(H,28,32)/t22-/m1/s1.